The van der Waals surface area contributed by atoms with Crippen LogP contribution in [0.4, 0.5) is 5.69 Å². The van der Waals surface area contributed by atoms with Gasteiger partial charge in [-0.25, -0.2) is 0 Å². The quantitative estimate of drug-likeness (QED) is 0.880. The Bertz CT molecular complexity index is 428. The van der Waals surface area contributed by atoms with Crippen molar-refractivity contribution in [1.29, 1.82) is 0 Å². The van der Waals surface area contributed by atoms with E-state index in [9.17, 15) is 4.79 Å². The van der Waals surface area contributed by atoms with E-state index >= 15 is 0 Å². The Kier molecular flexibility index (Phi) is 4.09. The largest absolute Gasteiger partial charge is 0.368 e. The van der Waals surface area contributed by atoms with Crippen LogP contribution in [0.15, 0.2) is 24.3 Å². The maximum absolute atomic E-state index is 11.8. The first-order valence-corrected chi connectivity index (χ1v) is 6.50. The number of carbonyl (C=O) groups excluding carboxylic acids is 1. The third-order valence-corrected chi connectivity index (χ3v) is 3.39. The first kappa shape index (κ1) is 13.2. The van der Waals surface area contributed by atoms with Gasteiger partial charge in [0.15, 0.2) is 0 Å². The summed E-state index contributed by atoms with van der Waals surface area (Å²) in [5.74, 6) is 0.0285. The van der Waals surface area contributed by atoms with Gasteiger partial charge in [0.2, 0.25) is 5.91 Å². The van der Waals surface area contributed by atoms with Crippen LogP contribution in [0.25, 0.3) is 0 Å². The first-order chi connectivity index (χ1) is 8.58. The predicted molar refractivity (Wildman–Crippen MR) is 73.9 cm³/mol. The fourth-order valence-electron chi connectivity index (χ4n) is 2.15. The van der Waals surface area contributed by atoms with Gasteiger partial charge in [0.05, 0.1) is 6.04 Å². The average Bonchev–Trinajstić information content (AvgIpc) is 2.38. The Morgan fingerprint density at radius 3 is 2.56 bits per heavy atom. The maximum atomic E-state index is 11.8. The lowest BCUT2D eigenvalue weighted by Crippen LogP contribution is -2.52. The van der Waals surface area contributed by atoms with Crippen LogP contribution in [-0.2, 0) is 4.79 Å². The topological polar surface area (TPSA) is 49.6 Å². The molecule has 0 saturated carbocycles. The van der Waals surface area contributed by atoms with Crippen LogP contribution in [0.5, 0.6) is 0 Å². The van der Waals surface area contributed by atoms with Crippen molar-refractivity contribution in [2.75, 3.05) is 31.1 Å². The van der Waals surface area contributed by atoms with Gasteiger partial charge in [0.1, 0.15) is 0 Å². The molecule has 1 aliphatic rings. The molecule has 1 atom stereocenters. The molecule has 2 rings (SSSR count). The van der Waals surface area contributed by atoms with Crippen LogP contribution in [0.2, 0.25) is 5.02 Å². The van der Waals surface area contributed by atoms with E-state index in [0.717, 1.165) is 23.8 Å². The van der Waals surface area contributed by atoms with Crippen LogP contribution < -0.4 is 10.6 Å². The smallest absolute Gasteiger partial charge is 0.239 e. The number of anilines is 1. The van der Waals surface area contributed by atoms with Gasteiger partial charge < -0.3 is 15.5 Å². The SMILES string of the molecule is CC(N)C(=O)N1CCN(c2cccc(Cl)c2)CC1. The zero-order valence-corrected chi connectivity index (χ0v) is 11.2. The van der Waals surface area contributed by atoms with Gasteiger partial charge in [-0.3, -0.25) is 4.79 Å². The molecule has 1 amide bonds. The van der Waals surface area contributed by atoms with Crippen molar-refractivity contribution in [3.05, 3.63) is 29.3 Å². The molecule has 1 aliphatic heterocycles. The molecule has 1 aromatic carbocycles. The molecule has 0 aliphatic carbocycles. The molecular formula is C13H18ClN3O. The summed E-state index contributed by atoms with van der Waals surface area (Å²) in [5.41, 5.74) is 6.72. The number of amides is 1. The Morgan fingerprint density at radius 2 is 2.00 bits per heavy atom. The summed E-state index contributed by atoms with van der Waals surface area (Å²) < 4.78 is 0. The summed E-state index contributed by atoms with van der Waals surface area (Å²) in [4.78, 5) is 15.8. The van der Waals surface area contributed by atoms with E-state index in [0.29, 0.717) is 13.1 Å². The van der Waals surface area contributed by atoms with Gasteiger partial charge >= 0.3 is 0 Å². The molecule has 0 radical (unpaired) electrons. The lowest BCUT2D eigenvalue weighted by molar-refractivity contribution is -0.132. The van der Waals surface area contributed by atoms with Gasteiger partial charge in [-0.2, -0.15) is 0 Å². The highest BCUT2D eigenvalue weighted by atomic mass is 35.5. The zero-order valence-electron chi connectivity index (χ0n) is 10.5. The van der Waals surface area contributed by atoms with E-state index in [2.05, 4.69) is 4.90 Å². The normalized spacial score (nSPS) is 17.7. The summed E-state index contributed by atoms with van der Waals surface area (Å²) >= 11 is 5.98. The number of carbonyl (C=O) groups is 1. The number of nitrogens with zero attached hydrogens (tertiary/aromatic N) is 2. The molecule has 1 unspecified atom stereocenters. The number of halogens is 1. The maximum Gasteiger partial charge on any atom is 0.239 e. The number of piperazine rings is 1. The minimum Gasteiger partial charge on any atom is -0.368 e. The lowest BCUT2D eigenvalue weighted by Gasteiger charge is -2.36. The zero-order chi connectivity index (χ0) is 13.1. The summed E-state index contributed by atoms with van der Waals surface area (Å²) in [6, 6.07) is 7.38. The highest BCUT2D eigenvalue weighted by Gasteiger charge is 2.23. The third-order valence-electron chi connectivity index (χ3n) is 3.15. The van der Waals surface area contributed by atoms with Gasteiger partial charge in [0.25, 0.3) is 0 Å². The van der Waals surface area contributed by atoms with E-state index in [1.807, 2.05) is 29.2 Å². The molecule has 98 valence electrons. The number of benzene rings is 1. The summed E-state index contributed by atoms with van der Waals surface area (Å²) in [5, 5.41) is 0.738. The molecule has 4 nitrogen and oxygen atoms in total. The molecule has 1 heterocycles. The monoisotopic (exact) mass is 267 g/mol. The van der Waals surface area contributed by atoms with Crippen LogP contribution >= 0.6 is 11.6 Å². The molecule has 0 bridgehead atoms. The molecule has 0 aromatic heterocycles. The summed E-state index contributed by atoms with van der Waals surface area (Å²) in [6.45, 7) is 4.79. The minimum atomic E-state index is -0.414. The van der Waals surface area contributed by atoms with E-state index in [1.54, 1.807) is 6.92 Å². The molecule has 5 heteroatoms. The molecule has 0 spiro atoms. The number of hydrogen-bond donors (Lipinski definition) is 1. The summed E-state index contributed by atoms with van der Waals surface area (Å²) in [7, 11) is 0. The molecule has 1 fully saturated rings. The van der Waals surface area contributed by atoms with Gasteiger partial charge in [0, 0.05) is 36.9 Å². The van der Waals surface area contributed by atoms with E-state index < -0.39 is 6.04 Å². The number of nitrogens with two attached hydrogens (primary N) is 1. The second-order valence-electron chi connectivity index (χ2n) is 4.58. The Hall–Kier alpha value is -1.26. The van der Waals surface area contributed by atoms with Gasteiger partial charge in [-0.05, 0) is 25.1 Å². The van der Waals surface area contributed by atoms with Crippen molar-refractivity contribution >= 4 is 23.2 Å². The second-order valence-corrected chi connectivity index (χ2v) is 5.02. The van der Waals surface area contributed by atoms with Crippen molar-refractivity contribution < 1.29 is 4.79 Å². The van der Waals surface area contributed by atoms with Crippen molar-refractivity contribution in [3.8, 4) is 0 Å². The Balaban J connectivity index is 1.96. The fourth-order valence-corrected chi connectivity index (χ4v) is 2.33. The molecule has 1 aromatic rings. The summed E-state index contributed by atoms with van der Waals surface area (Å²) in [6.07, 6.45) is 0. The predicted octanol–water partition coefficient (Wildman–Crippen LogP) is 1.34. The van der Waals surface area contributed by atoms with Crippen molar-refractivity contribution in [2.45, 2.75) is 13.0 Å². The molecule has 2 N–H and O–H groups in total. The minimum absolute atomic E-state index is 0.0285. The van der Waals surface area contributed by atoms with E-state index in [-0.39, 0.29) is 5.91 Å². The van der Waals surface area contributed by atoms with E-state index in [4.69, 9.17) is 17.3 Å². The van der Waals surface area contributed by atoms with Crippen LogP contribution in [-0.4, -0.2) is 43.0 Å². The van der Waals surface area contributed by atoms with Crippen molar-refractivity contribution in [2.24, 2.45) is 5.73 Å². The molecule has 18 heavy (non-hydrogen) atoms. The average molecular weight is 268 g/mol. The first-order valence-electron chi connectivity index (χ1n) is 6.13. The fraction of sp³-hybridized carbons (Fsp3) is 0.462. The van der Waals surface area contributed by atoms with Crippen LogP contribution in [0.1, 0.15) is 6.92 Å². The van der Waals surface area contributed by atoms with E-state index in [1.165, 1.54) is 0 Å². The van der Waals surface area contributed by atoms with Gasteiger partial charge in [-0.15, -0.1) is 0 Å². The van der Waals surface area contributed by atoms with Crippen molar-refractivity contribution in [3.63, 3.8) is 0 Å². The Morgan fingerprint density at radius 1 is 1.33 bits per heavy atom. The van der Waals surface area contributed by atoms with Crippen LogP contribution in [0.3, 0.4) is 0 Å². The number of rotatable bonds is 2. The molecular weight excluding hydrogens is 250 g/mol. The highest BCUT2D eigenvalue weighted by molar-refractivity contribution is 6.30. The molecule has 1 saturated heterocycles. The highest BCUT2D eigenvalue weighted by Crippen LogP contribution is 2.20. The third kappa shape index (κ3) is 2.94. The second kappa shape index (κ2) is 5.59. The van der Waals surface area contributed by atoms with Crippen LogP contribution in [0, 0.1) is 0 Å². The number of hydrogen-bond acceptors (Lipinski definition) is 3. The lowest BCUT2D eigenvalue weighted by atomic mass is 10.2. The Labute approximate surface area is 112 Å². The standard InChI is InChI=1S/C13H18ClN3O/c1-10(15)13(18)17-7-5-16(6-8-17)12-4-2-3-11(14)9-12/h2-4,9-10H,5-8,15H2,1H3. The van der Waals surface area contributed by atoms with Gasteiger partial charge in [-0.1, -0.05) is 17.7 Å². The van der Waals surface area contributed by atoms with Crippen molar-refractivity contribution in [1.82, 2.24) is 4.90 Å².